The van der Waals surface area contributed by atoms with E-state index >= 15 is 0 Å². The van der Waals surface area contributed by atoms with Gasteiger partial charge < -0.3 is 5.32 Å². The lowest BCUT2D eigenvalue weighted by molar-refractivity contribution is 0.417. The highest BCUT2D eigenvalue weighted by Gasteiger charge is 2.17. The van der Waals surface area contributed by atoms with Crippen LogP contribution in [0, 0.1) is 5.92 Å². The van der Waals surface area contributed by atoms with Gasteiger partial charge in [-0.25, -0.2) is 12.7 Å². The van der Waals surface area contributed by atoms with Crippen LogP contribution >= 0.6 is 0 Å². The fourth-order valence-corrected chi connectivity index (χ4v) is 3.23. The second-order valence-corrected chi connectivity index (χ2v) is 8.77. The first-order valence-electron chi connectivity index (χ1n) is 7.93. The first kappa shape index (κ1) is 19.1. The molecule has 126 valence electrons. The molecule has 0 bridgehead atoms. The Labute approximate surface area is 136 Å². The molecule has 4 nitrogen and oxygen atoms in total. The molecule has 0 spiro atoms. The second kappa shape index (κ2) is 8.09. The van der Waals surface area contributed by atoms with Crippen LogP contribution < -0.4 is 5.32 Å². The molecule has 0 aliphatic heterocycles. The largest absolute Gasteiger partial charge is 0.308 e. The van der Waals surface area contributed by atoms with Gasteiger partial charge in [0.25, 0.3) is 0 Å². The van der Waals surface area contributed by atoms with Crippen molar-refractivity contribution < 1.29 is 8.42 Å². The fraction of sp³-hybridized carbons (Fsp3) is 0.647. The number of nitrogens with zero attached hydrogens (tertiary/aromatic N) is 1. The van der Waals surface area contributed by atoms with E-state index in [1.807, 2.05) is 12.1 Å². The molecule has 2 atom stereocenters. The predicted molar refractivity (Wildman–Crippen MR) is 92.4 cm³/mol. The molecule has 0 aromatic heterocycles. The number of hydrogen-bond donors (Lipinski definition) is 1. The van der Waals surface area contributed by atoms with Gasteiger partial charge >= 0.3 is 0 Å². The van der Waals surface area contributed by atoms with Crippen molar-refractivity contribution in [1.29, 1.82) is 0 Å². The van der Waals surface area contributed by atoms with Gasteiger partial charge in [-0.2, -0.15) is 0 Å². The summed E-state index contributed by atoms with van der Waals surface area (Å²) in [7, 11) is -0.257. The lowest BCUT2D eigenvalue weighted by Gasteiger charge is -2.21. The van der Waals surface area contributed by atoms with Crippen LogP contribution in [0.1, 0.15) is 52.1 Å². The molecule has 0 amide bonds. The number of sulfonamides is 1. The Morgan fingerprint density at radius 1 is 1.00 bits per heavy atom. The van der Waals surface area contributed by atoms with Crippen molar-refractivity contribution in [3.05, 3.63) is 29.8 Å². The molecule has 0 saturated carbocycles. The lowest BCUT2D eigenvalue weighted by atomic mass is 10.0. The van der Waals surface area contributed by atoms with Crippen LogP contribution in [0.5, 0.6) is 0 Å². The van der Waals surface area contributed by atoms with Gasteiger partial charge in [-0.15, -0.1) is 0 Å². The third kappa shape index (κ3) is 5.38. The molecule has 2 unspecified atom stereocenters. The Bertz CT molecular complexity index is 551. The van der Waals surface area contributed by atoms with Crippen LogP contribution in [0.25, 0.3) is 0 Å². The van der Waals surface area contributed by atoms with E-state index < -0.39 is 10.0 Å². The molecule has 1 aromatic carbocycles. The Balaban J connectivity index is 2.70. The average Bonchev–Trinajstić information content (AvgIpc) is 2.45. The number of hydrogen-bond acceptors (Lipinski definition) is 3. The number of benzene rings is 1. The topological polar surface area (TPSA) is 49.4 Å². The maximum absolute atomic E-state index is 12.1. The lowest BCUT2D eigenvalue weighted by Crippen LogP contribution is -2.29. The summed E-state index contributed by atoms with van der Waals surface area (Å²) in [6, 6.07) is 7.80. The summed E-state index contributed by atoms with van der Waals surface area (Å²) in [5.41, 5.74) is 1.11. The van der Waals surface area contributed by atoms with E-state index in [0.717, 1.165) is 17.9 Å². The van der Waals surface area contributed by atoms with Gasteiger partial charge in [-0.05, 0) is 50.3 Å². The van der Waals surface area contributed by atoms with Gasteiger partial charge in [0, 0.05) is 26.2 Å². The summed E-state index contributed by atoms with van der Waals surface area (Å²) in [4.78, 5) is 0.335. The maximum Gasteiger partial charge on any atom is 0.242 e. The molecule has 0 aliphatic rings. The summed E-state index contributed by atoms with van der Waals surface area (Å²) in [6.07, 6.45) is 2.36. The molecule has 1 rings (SSSR count). The highest BCUT2D eigenvalue weighted by Crippen LogP contribution is 2.19. The van der Waals surface area contributed by atoms with Crippen molar-refractivity contribution in [3.63, 3.8) is 0 Å². The Morgan fingerprint density at radius 3 is 2.00 bits per heavy atom. The summed E-state index contributed by atoms with van der Waals surface area (Å²) in [6.45, 7) is 8.78. The minimum atomic E-state index is -3.35. The molecular weight excluding hydrogens is 296 g/mol. The van der Waals surface area contributed by atoms with E-state index in [2.05, 4.69) is 33.0 Å². The third-order valence-electron chi connectivity index (χ3n) is 3.87. The van der Waals surface area contributed by atoms with E-state index in [0.29, 0.717) is 10.9 Å². The van der Waals surface area contributed by atoms with Gasteiger partial charge in [0.05, 0.1) is 4.90 Å². The fourth-order valence-electron chi connectivity index (χ4n) is 2.33. The van der Waals surface area contributed by atoms with E-state index in [1.54, 1.807) is 26.2 Å². The zero-order valence-electron chi connectivity index (χ0n) is 14.6. The van der Waals surface area contributed by atoms with Crippen molar-refractivity contribution in [2.45, 2.75) is 57.5 Å². The molecule has 22 heavy (non-hydrogen) atoms. The monoisotopic (exact) mass is 326 g/mol. The highest BCUT2D eigenvalue weighted by molar-refractivity contribution is 7.89. The van der Waals surface area contributed by atoms with Crippen molar-refractivity contribution in [2.24, 2.45) is 5.92 Å². The van der Waals surface area contributed by atoms with Crippen LogP contribution in [0.4, 0.5) is 0 Å². The summed E-state index contributed by atoms with van der Waals surface area (Å²) >= 11 is 0. The van der Waals surface area contributed by atoms with Gasteiger partial charge in [0.2, 0.25) is 10.0 Å². The molecule has 0 fully saturated rings. The predicted octanol–water partition coefficient (Wildman–Crippen LogP) is 3.41. The first-order valence-corrected chi connectivity index (χ1v) is 9.37. The normalized spacial score (nSPS) is 15.3. The van der Waals surface area contributed by atoms with Crippen LogP contribution in [0.2, 0.25) is 0 Å². The summed E-state index contributed by atoms with van der Waals surface area (Å²) in [5, 5.41) is 3.57. The Kier molecular flexibility index (Phi) is 7.03. The quantitative estimate of drug-likeness (QED) is 0.796. The van der Waals surface area contributed by atoms with E-state index in [-0.39, 0.29) is 6.04 Å². The standard InChI is InChI=1S/C17H30N2O2S/c1-13(2)7-8-14(3)18-15(4)16-9-11-17(12-10-16)22(20,21)19(5)6/h9-15,18H,7-8H2,1-6H3. The first-order chi connectivity index (χ1) is 10.1. The number of nitrogens with one attached hydrogen (secondary N) is 1. The van der Waals surface area contributed by atoms with Crippen LogP contribution in [0.15, 0.2) is 29.2 Å². The third-order valence-corrected chi connectivity index (χ3v) is 5.70. The summed E-state index contributed by atoms with van der Waals surface area (Å²) in [5.74, 6) is 0.718. The average molecular weight is 327 g/mol. The number of rotatable bonds is 8. The maximum atomic E-state index is 12.1. The Morgan fingerprint density at radius 2 is 1.55 bits per heavy atom. The highest BCUT2D eigenvalue weighted by atomic mass is 32.2. The van der Waals surface area contributed by atoms with Crippen molar-refractivity contribution >= 4 is 10.0 Å². The van der Waals surface area contributed by atoms with Crippen molar-refractivity contribution in [3.8, 4) is 0 Å². The summed E-state index contributed by atoms with van der Waals surface area (Å²) < 4.78 is 25.3. The van der Waals surface area contributed by atoms with E-state index in [4.69, 9.17) is 0 Å². The van der Waals surface area contributed by atoms with Crippen molar-refractivity contribution in [2.75, 3.05) is 14.1 Å². The van der Waals surface area contributed by atoms with Gasteiger partial charge in [0.15, 0.2) is 0 Å². The molecule has 0 heterocycles. The Hall–Kier alpha value is -0.910. The van der Waals surface area contributed by atoms with Crippen molar-refractivity contribution in [1.82, 2.24) is 9.62 Å². The SMILES string of the molecule is CC(C)CCC(C)NC(C)c1ccc(S(=O)(=O)N(C)C)cc1. The zero-order chi connectivity index (χ0) is 16.9. The van der Waals surface area contributed by atoms with Crippen LogP contribution in [-0.2, 0) is 10.0 Å². The smallest absolute Gasteiger partial charge is 0.242 e. The molecule has 1 aromatic rings. The molecule has 0 aliphatic carbocycles. The van der Waals surface area contributed by atoms with Gasteiger partial charge in [-0.1, -0.05) is 26.0 Å². The molecular formula is C17H30N2O2S. The van der Waals surface area contributed by atoms with Gasteiger partial charge in [0.1, 0.15) is 0 Å². The molecule has 0 radical (unpaired) electrons. The van der Waals surface area contributed by atoms with Gasteiger partial charge in [-0.3, -0.25) is 0 Å². The van der Waals surface area contributed by atoms with E-state index in [1.165, 1.54) is 10.7 Å². The zero-order valence-corrected chi connectivity index (χ0v) is 15.4. The molecule has 1 N–H and O–H groups in total. The second-order valence-electron chi connectivity index (χ2n) is 6.62. The minimum absolute atomic E-state index is 0.207. The van der Waals surface area contributed by atoms with Crippen LogP contribution in [-0.4, -0.2) is 32.9 Å². The molecule has 0 saturated heterocycles. The minimum Gasteiger partial charge on any atom is -0.308 e. The van der Waals surface area contributed by atoms with Crippen LogP contribution in [0.3, 0.4) is 0 Å². The van der Waals surface area contributed by atoms with E-state index in [9.17, 15) is 8.42 Å². The molecule has 5 heteroatoms.